The van der Waals surface area contributed by atoms with Crippen LogP contribution in [0, 0.1) is 0 Å². The van der Waals surface area contributed by atoms with Crippen LogP contribution in [0.2, 0.25) is 0 Å². The highest BCUT2D eigenvalue weighted by Gasteiger charge is 2.52. The lowest BCUT2D eigenvalue weighted by molar-refractivity contribution is -0.208. The summed E-state index contributed by atoms with van der Waals surface area (Å²) < 4.78 is 43.0. The molecule has 2 heterocycles. The van der Waals surface area contributed by atoms with Gasteiger partial charge in [0, 0.05) is 13.8 Å². The third-order valence-electron chi connectivity index (χ3n) is 3.22. The molecule has 1 amide bonds. The second-order valence-corrected chi connectivity index (χ2v) is 6.18. The van der Waals surface area contributed by atoms with E-state index in [0.29, 0.717) is 0 Å². The van der Waals surface area contributed by atoms with Gasteiger partial charge in [-0.05, 0) is 6.92 Å². The van der Waals surface area contributed by atoms with Gasteiger partial charge in [0.25, 0.3) is 0 Å². The van der Waals surface area contributed by atoms with Crippen molar-refractivity contribution in [2.24, 2.45) is 0 Å². The van der Waals surface area contributed by atoms with Gasteiger partial charge in [-0.25, -0.2) is 8.37 Å². The fourth-order valence-electron chi connectivity index (χ4n) is 2.45. The minimum absolute atomic E-state index is 0.234. The van der Waals surface area contributed by atoms with Crippen LogP contribution < -0.4 is 5.32 Å². The number of hydrogen-bond acceptors (Lipinski definition) is 8. The van der Waals surface area contributed by atoms with Gasteiger partial charge >= 0.3 is 16.4 Å². The summed E-state index contributed by atoms with van der Waals surface area (Å²) in [5, 5.41) is 2.59. The van der Waals surface area contributed by atoms with E-state index in [2.05, 4.69) is 9.50 Å². The molecule has 9 nitrogen and oxygen atoms in total. The first-order valence-corrected chi connectivity index (χ1v) is 7.70. The summed E-state index contributed by atoms with van der Waals surface area (Å²) in [6.07, 6.45) is -3.27. The van der Waals surface area contributed by atoms with E-state index >= 15 is 0 Å². The quantitative estimate of drug-likeness (QED) is 0.634. The zero-order valence-corrected chi connectivity index (χ0v) is 12.6. The molecule has 0 bridgehead atoms. The number of ether oxygens (including phenoxy) is 2. The van der Waals surface area contributed by atoms with Crippen molar-refractivity contribution >= 4 is 22.3 Å². The topological polar surface area (TPSA) is 117 Å². The molecule has 0 radical (unpaired) electrons. The van der Waals surface area contributed by atoms with E-state index in [1.54, 1.807) is 6.92 Å². The molecule has 2 rings (SSSR count). The first-order chi connectivity index (χ1) is 9.69. The zero-order valence-electron chi connectivity index (χ0n) is 11.8. The van der Waals surface area contributed by atoms with Crippen molar-refractivity contribution < 1.29 is 35.8 Å². The van der Waals surface area contributed by atoms with Crippen LogP contribution in [0.4, 0.5) is 0 Å². The minimum atomic E-state index is -4.18. The molecule has 5 atom stereocenters. The second-order valence-electron chi connectivity index (χ2n) is 4.93. The number of amides is 1. The Hall–Kier alpha value is -1.23. The number of rotatable bonds is 2. The average molecular weight is 323 g/mol. The van der Waals surface area contributed by atoms with Crippen LogP contribution in [-0.4, -0.2) is 57.4 Å². The number of esters is 1. The molecule has 2 saturated heterocycles. The van der Waals surface area contributed by atoms with Gasteiger partial charge in [0.2, 0.25) is 5.91 Å². The summed E-state index contributed by atoms with van der Waals surface area (Å²) >= 11 is 0. The summed E-state index contributed by atoms with van der Waals surface area (Å²) in [7, 11) is -4.18. The zero-order chi connectivity index (χ0) is 15.8. The molecule has 5 unspecified atom stereocenters. The van der Waals surface area contributed by atoms with Gasteiger partial charge in [-0.1, -0.05) is 0 Å². The molecule has 0 saturated carbocycles. The van der Waals surface area contributed by atoms with Crippen molar-refractivity contribution in [2.75, 3.05) is 6.61 Å². The first kappa shape index (κ1) is 16.1. The summed E-state index contributed by atoms with van der Waals surface area (Å²) in [6.45, 7) is 3.93. The maximum absolute atomic E-state index is 11.4. The highest BCUT2D eigenvalue weighted by Crippen LogP contribution is 2.30. The Morgan fingerprint density at radius 2 is 1.95 bits per heavy atom. The lowest BCUT2D eigenvalue weighted by Gasteiger charge is -2.45. The van der Waals surface area contributed by atoms with Gasteiger partial charge in [-0.2, -0.15) is 8.42 Å². The van der Waals surface area contributed by atoms with Gasteiger partial charge in [0.1, 0.15) is 12.2 Å². The van der Waals surface area contributed by atoms with E-state index in [1.165, 1.54) is 13.8 Å². The van der Waals surface area contributed by atoms with Crippen LogP contribution in [0.1, 0.15) is 20.8 Å². The Balaban J connectivity index is 2.29. The summed E-state index contributed by atoms with van der Waals surface area (Å²) in [5.74, 6) is -0.975. The molecule has 0 spiro atoms. The third kappa shape index (κ3) is 3.70. The number of nitrogens with one attached hydrogen (secondary N) is 1. The lowest BCUT2D eigenvalue weighted by atomic mass is 9.93. The molecule has 21 heavy (non-hydrogen) atoms. The monoisotopic (exact) mass is 323 g/mol. The van der Waals surface area contributed by atoms with Crippen molar-refractivity contribution in [3.63, 3.8) is 0 Å². The van der Waals surface area contributed by atoms with Gasteiger partial charge in [0.05, 0.1) is 18.8 Å². The van der Waals surface area contributed by atoms with E-state index in [-0.39, 0.29) is 12.5 Å². The van der Waals surface area contributed by atoms with Crippen LogP contribution in [-0.2, 0) is 37.8 Å². The molecule has 120 valence electrons. The number of fused-ring (bicyclic) bond motifs is 1. The van der Waals surface area contributed by atoms with Crippen molar-refractivity contribution in [3.05, 3.63) is 0 Å². The van der Waals surface area contributed by atoms with E-state index in [9.17, 15) is 18.0 Å². The van der Waals surface area contributed by atoms with Gasteiger partial charge < -0.3 is 14.8 Å². The maximum Gasteiger partial charge on any atom is 0.400 e. The van der Waals surface area contributed by atoms with E-state index < -0.39 is 46.8 Å². The minimum Gasteiger partial charge on any atom is -0.457 e. The molecule has 0 aliphatic carbocycles. The Kier molecular flexibility index (Phi) is 4.51. The molecule has 1 N–H and O–H groups in total. The molecule has 0 aromatic carbocycles. The van der Waals surface area contributed by atoms with Crippen LogP contribution in [0.5, 0.6) is 0 Å². The van der Waals surface area contributed by atoms with Crippen molar-refractivity contribution in [1.82, 2.24) is 5.32 Å². The van der Waals surface area contributed by atoms with Crippen LogP contribution in [0.25, 0.3) is 0 Å². The Labute approximate surface area is 122 Å². The molecule has 2 fully saturated rings. The fraction of sp³-hybridized carbons (Fsp3) is 0.818. The molecular formula is C11H17NO8S. The SMILES string of the molecule is CC(=O)NC1C(C)OC2COS(=O)(=O)OC2C1OC(C)=O. The smallest absolute Gasteiger partial charge is 0.400 e. The highest BCUT2D eigenvalue weighted by atomic mass is 32.3. The van der Waals surface area contributed by atoms with Gasteiger partial charge in [-0.3, -0.25) is 9.59 Å². The fourth-order valence-corrected chi connectivity index (χ4v) is 3.31. The predicted molar refractivity (Wildman–Crippen MR) is 67.2 cm³/mol. The summed E-state index contributed by atoms with van der Waals surface area (Å²) in [6, 6.07) is -0.721. The standard InChI is InChI=1S/C11H17NO8S/c1-5-9(12-6(2)13)11(19-7(3)14)10-8(18-5)4-17-21(15,16)20-10/h5,8-11H,4H2,1-3H3,(H,12,13). The number of hydrogen-bond donors (Lipinski definition) is 1. The van der Waals surface area contributed by atoms with E-state index in [1.807, 2.05) is 0 Å². The van der Waals surface area contributed by atoms with Crippen molar-refractivity contribution in [3.8, 4) is 0 Å². The third-order valence-corrected chi connectivity index (χ3v) is 4.10. The molecule has 0 aromatic rings. The number of carbonyl (C=O) groups is 2. The van der Waals surface area contributed by atoms with Gasteiger partial charge in [0.15, 0.2) is 6.10 Å². The lowest BCUT2D eigenvalue weighted by Crippen LogP contribution is -2.66. The van der Waals surface area contributed by atoms with E-state index in [0.717, 1.165) is 0 Å². The summed E-state index contributed by atoms with van der Waals surface area (Å²) in [4.78, 5) is 22.6. The Morgan fingerprint density at radius 1 is 1.29 bits per heavy atom. The van der Waals surface area contributed by atoms with Gasteiger partial charge in [-0.15, -0.1) is 0 Å². The number of carbonyl (C=O) groups excluding carboxylic acids is 2. The Bertz CT molecular complexity index is 532. The van der Waals surface area contributed by atoms with Crippen molar-refractivity contribution in [1.29, 1.82) is 0 Å². The first-order valence-electron chi connectivity index (χ1n) is 6.37. The molecule has 2 aliphatic heterocycles. The summed E-state index contributed by atoms with van der Waals surface area (Å²) in [5.41, 5.74) is 0. The molecule has 2 aliphatic rings. The maximum atomic E-state index is 11.4. The van der Waals surface area contributed by atoms with Crippen LogP contribution >= 0.6 is 0 Å². The van der Waals surface area contributed by atoms with E-state index in [4.69, 9.17) is 13.7 Å². The molecule has 0 aromatic heterocycles. The molecular weight excluding hydrogens is 306 g/mol. The Morgan fingerprint density at radius 3 is 2.52 bits per heavy atom. The predicted octanol–water partition coefficient (Wildman–Crippen LogP) is -1.13. The van der Waals surface area contributed by atoms with Crippen LogP contribution in [0.3, 0.4) is 0 Å². The average Bonchev–Trinajstić information content (AvgIpc) is 2.33. The normalized spacial score (nSPS) is 38.1. The highest BCUT2D eigenvalue weighted by molar-refractivity contribution is 7.81. The largest absolute Gasteiger partial charge is 0.457 e. The van der Waals surface area contributed by atoms with Crippen molar-refractivity contribution in [2.45, 2.75) is 51.2 Å². The second kappa shape index (κ2) is 5.87. The van der Waals surface area contributed by atoms with Crippen LogP contribution in [0.15, 0.2) is 0 Å². The molecule has 10 heteroatoms.